The fourth-order valence-electron chi connectivity index (χ4n) is 0.687. The van der Waals surface area contributed by atoms with E-state index in [0.29, 0.717) is 0 Å². The molecule has 0 aliphatic rings. The van der Waals surface area contributed by atoms with E-state index in [0.717, 1.165) is 0 Å². The van der Waals surface area contributed by atoms with Gasteiger partial charge in [-0.3, -0.25) is 4.79 Å². The van der Waals surface area contributed by atoms with Crippen LogP contribution in [-0.2, 0) is 0 Å². The van der Waals surface area contributed by atoms with Crippen molar-refractivity contribution >= 4 is 17.7 Å². The van der Waals surface area contributed by atoms with Gasteiger partial charge in [0.1, 0.15) is 5.56 Å². The van der Waals surface area contributed by atoms with E-state index in [1.807, 2.05) is 0 Å². The van der Waals surface area contributed by atoms with Gasteiger partial charge in [-0.05, 0) is 0 Å². The molecule has 1 amide bonds. The van der Waals surface area contributed by atoms with E-state index >= 15 is 0 Å². The molecular weight excluding hydrogens is 166 g/mol. The van der Waals surface area contributed by atoms with Crippen LogP contribution in [-0.4, -0.2) is 22.1 Å². The number of primary amides is 1. The third-order valence-electron chi connectivity index (χ3n) is 1.16. The van der Waals surface area contributed by atoms with Crippen molar-refractivity contribution in [3.05, 3.63) is 11.3 Å². The largest absolute Gasteiger partial charge is 0.475 e. The van der Waals surface area contributed by atoms with Crippen LogP contribution in [0.1, 0.15) is 20.9 Å². The quantitative estimate of drug-likeness (QED) is 0.525. The van der Waals surface area contributed by atoms with Crippen LogP contribution >= 0.6 is 0 Å². The maximum Gasteiger partial charge on any atom is 0.375 e. The molecule has 7 nitrogen and oxygen atoms in total. The summed E-state index contributed by atoms with van der Waals surface area (Å²) in [5.74, 6) is -3.38. The Morgan fingerprint density at radius 3 is 2.42 bits per heavy atom. The molecule has 0 atom stereocenters. The lowest BCUT2D eigenvalue weighted by Gasteiger charge is -1.90. The van der Waals surface area contributed by atoms with Gasteiger partial charge in [-0.15, -0.1) is 0 Å². The Bertz CT molecular complexity index is 342. The molecule has 0 aliphatic heterocycles. The predicted molar refractivity (Wildman–Crippen MR) is 36.4 cm³/mol. The van der Waals surface area contributed by atoms with Crippen molar-refractivity contribution in [2.24, 2.45) is 5.73 Å². The highest BCUT2D eigenvalue weighted by molar-refractivity contribution is 6.05. The van der Waals surface area contributed by atoms with Crippen LogP contribution in [0.5, 0.6) is 0 Å². The number of carbonyl (C=O) groups excluding carboxylic acids is 1. The smallest absolute Gasteiger partial charge is 0.375 e. The number of hydrogen-bond acceptors (Lipinski definition) is 5. The fourth-order valence-corrected chi connectivity index (χ4v) is 0.687. The first kappa shape index (κ1) is 8.05. The molecule has 0 aliphatic carbocycles. The Balaban J connectivity index is 3.31. The van der Waals surface area contributed by atoms with Crippen LogP contribution in [0.25, 0.3) is 0 Å². The molecule has 64 valence electrons. The van der Waals surface area contributed by atoms with Crippen molar-refractivity contribution in [2.45, 2.75) is 0 Å². The number of hydrogen-bond donors (Lipinski definition) is 3. The monoisotopic (exact) mass is 171 g/mol. The second-order valence-electron chi connectivity index (χ2n) is 1.94. The van der Waals surface area contributed by atoms with Gasteiger partial charge in [-0.2, -0.15) is 0 Å². The van der Waals surface area contributed by atoms with Gasteiger partial charge in [0.05, 0.1) is 0 Å². The Morgan fingerprint density at radius 2 is 2.08 bits per heavy atom. The van der Waals surface area contributed by atoms with Crippen LogP contribution in [0.2, 0.25) is 0 Å². The number of nitrogens with two attached hydrogens (primary N) is 2. The van der Waals surface area contributed by atoms with Gasteiger partial charge in [0, 0.05) is 0 Å². The van der Waals surface area contributed by atoms with Gasteiger partial charge in [-0.1, -0.05) is 5.16 Å². The predicted octanol–water partition coefficient (Wildman–Crippen LogP) is -0.946. The van der Waals surface area contributed by atoms with E-state index in [4.69, 9.17) is 16.6 Å². The second kappa shape index (κ2) is 2.53. The Morgan fingerprint density at radius 1 is 1.50 bits per heavy atom. The molecule has 0 unspecified atom stereocenters. The van der Waals surface area contributed by atoms with E-state index in [-0.39, 0.29) is 5.82 Å². The number of rotatable bonds is 2. The van der Waals surface area contributed by atoms with E-state index < -0.39 is 23.2 Å². The first-order chi connectivity index (χ1) is 5.54. The van der Waals surface area contributed by atoms with E-state index in [1.54, 1.807) is 0 Å². The summed E-state index contributed by atoms with van der Waals surface area (Å²) < 4.78 is 4.24. The summed E-state index contributed by atoms with van der Waals surface area (Å²) in [4.78, 5) is 20.9. The summed E-state index contributed by atoms with van der Waals surface area (Å²) in [5.41, 5.74) is 9.53. The third kappa shape index (κ3) is 1.07. The number of carboxylic acid groups (broad SMARTS) is 1. The molecule has 1 aromatic heterocycles. The number of nitrogen functional groups attached to an aromatic ring is 1. The Kier molecular flexibility index (Phi) is 1.70. The maximum absolute atomic E-state index is 10.6. The number of amides is 1. The van der Waals surface area contributed by atoms with E-state index in [9.17, 15) is 9.59 Å². The molecule has 0 aromatic carbocycles. The Hall–Kier alpha value is -2.05. The van der Waals surface area contributed by atoms with Crippen LogP contribution < -0.4 is 11.5 Å². The van der Waals surface area contributed by atoms with Crippen molar-refractivity contribution < 1.29 is 19.2 Å². The number of aromatic nitrogens is 1. The first-order valence-corrected chi connectivity index (χ1v) is 2.82. The Labute approximate surface area is 65.9 Å². The zero-order chi connectivity index (χ0) is 9.30. The maximum atomic E-state index is 10.6. The standard InChI is InChI=1S/C5H5N3O4/c6-3-1(4(7)9)2(5(10)11)12-8-3/h(H2,6,8)(H2,7,9)(H,10,11). The molecule has 0 bridgehead atoms. The summed E-state index contributed by atoms with van der Waals surface area (Å²) in [5, 5.41) is 11.5. The summed E-state index contributed by atoms with van der Waals surface area (Å²) in [6, 6.07) is 0. The molecule has 1 aromatic rings. The topological polar surface area (TPSA) is 132 Å². The van der Waals surface area contributed by atoms with Crippen LogP contribution in [0.3, 0.4) is 0 Å². The molecule has 0 radical (unpaired) electrons. The van der Waals surface area contributed by atoms with Gasteiger partial charge < -0.3 is 21.1 Å². The van der Waals surface area contributed by atoms with Crippen LogP contribution in [0, 0.1) is 0 Å². The number of aromatic carboxylic acids is 1. The summed E-state index contributed by atoms with van der Waals surface area (Å²) in [7, 11) is 0. The minimum Gasteiger partial charge on any atom is -0.475 e. The minimum atomic E-state index is -1.44. The van der Waals surface area contributed by atoms with Gasteiger partial charge in [-0.25, -0.2) is 4.79 Å². The first-order valence-electron chi connectivity index (χ1n) is 2.82. The molecule has 12 heavy (non-hydrogen) atoms. The molecule has 0 spiro atoms. The normalized spacial score (nSPS) is 9.67. The van der Waals surface area contributed by atoms with Crippen molar-refractivity contribution in [1.29, 1.82) is 0 Å². The van der Waals surface area contributed by atoms with Crippen LogP contribution in [0.15, 0.2) is 4.52 Å². The lowest BCUT2D eigenvalue weighted by molar-refractivity contribution is 0.0647. The molecule has 1 heterocycles. The van der Waals surface area contributed by atoms with E-state index in [1.165, 1.54) is 0 Å². The molecule has 0 fully saturated rings. The highest BCUT2D eigenvalue weighted by atomic mass is 16.5. The van der Waals surface area contributed by atoms with Crippen LogP contribution in [0.4, 0.5) is 5.82 Å². The average molecular weight is 171 g/mol. The van der Waals surface area contributed by atoms with Crippen molar-refractivity contribution in [1.82, 2.24) is 5.16 Å². The highest BCUT2D eigenvalue weighted by Gasteiger charge is 2.23. The van der Waals surface area contributed by atoms with Crippen molar-refractivity contribution in [3.8, 4) is 0 Å². The molecular formula is C5H5N3O4. The number of carboxylic acids is 1. The third-order valence-corrected chi connectivity index (χ3v) is 1.16. The zero-order valence-electron chi connectivity index (χ0n) is 5.77. The summed E-state index contributed by atoms with van der Waals surface area (Å²) in [6.45, 7) is 0. The number of nitrogens with zero attached hydrogens (tertiary/aromatic N) is 1. The molecule has 1 rings (SSSR count). The molecule has 0 saturated heterocycles. The van der Waals surface area contributed by atoms with E-state index in [2.05, 4.69) is 9.68 Å². The average Bonchev–Trinajstić information content (AvgIpc) is 2.30. The second-order valence-corrected chi connectivity index (χ2v) is 1.94. The van der Waals surface area contributed by atoms with Crippen molar-refractivity contribution in [2.75, 3.05) is 5.73 Å². The highest BCUT2D eigenvalue weighted by Crippen LogP contribution is 2.14. The zero-order valence-corrected chi connectivity index (χ0v) is 5.77. The van der Waals surface area contributed by atoms with Crippen molar-refractivity contribution in [3.63, 3.8) is 0 Å². The SMILES string of the molecule is NC(=O)c1c(N)noc1C(=O)O. The summed E-state index contributed by atoms with van der Waals surface area (Å²) in [6.07, 6.45) is 0. The minimum absolute atomic E-state index is 0.320. The molecule has 7 heteroatoms. The van der Waals surface area contributed by atoms with Gasteiger partial charge in [0.15, 0.2) is 5.82 Å². The molecule has 0 saturated carbocycles. The van der Waals surface area contributed by atoms with Gasteiger partial charge in [0.2, 0.25) is 0 Å². The number of carbonyl (C=O) groups is 2. The molecule has 5 N–H and O–H groups in total. The number of anilines is 1. The van der Waals surface area contributed by atoms with Gasteiger partial charge in [0.25, 0.3) is 11.7 Å². The lowest BCUT2D eigenvalue weighted by Crippen LogP contribution is -2.16. The summed E-state index contributed by atoms with van der Waals surface area (Å²) >= 11 is 0. The van der Waals surface area contributed by atoms with Gasteiger partial charge >= 0.3 is 5.97 Å². The fraction of sp³-hybridized carbons (Fsp3) is 0. The lowest BCUT2D eigenvalue weighted by atomic mass is 10.2.